The Morgan fingerprint density at radius 2 is 1.97 bits per heavy atom. The van der Waals surface area contributed by atoms with Gasteiger partial charge in [-0.3, -0.25) is 9.59 Å². The summed E-state index contributed by atoms with van der Waals surface area (Å²) in [7, 11) is 3.18. The number of amides is 2. The van der Waals surface area contributed by atoms with Crippen molar-refractivity contribution in [2.45, 2.75) is 25.8 Å². The first-order valence-electron chi connectivity index (χ1n) is 12.6. The summed E-state index contributed by atoms with van der Waals surface area (Å²) in [6.45, 7) is 3.67. The zero-order valence-electron chi connectivity index (χ0n) is 21.9. The van der Waals surface area contributed by atoms with Crippen LogP contribution in [0.25, 0.3) is 0 Å². The second kappa shape index (κ2) is 13.1. The van der Waals surface area contributed by atoms with E-state index in [9.17, 15) is 9.59 Å². The number of benzene rings is 2. The summed E-state index contributed by atoms with van der Waals surface area (Å²) < 4.78 is 16.6. The van der Waals surface area contributed by atoms with E-state index >= 15 is 0 Å². The quantitative estimate of drug-likeness (QED) is 0.296. The Hall–Kier alpha value is -3.07. The minimum Gasteiger partial charge on any atom is -0.497 e. The highest BCUT2D eigenvalue weighted by molar-refractivity contribution is 7.10. The van der Waals surface area contributed by atoms with E-state index in [0.29, 0.717) is 54.8 Å². The van der Waals surface area contributed by atoms with Gasteiger partial charge in [0.25, 0.3) is 5.91 Å². The van der Waals surface area contributed by atoms with Crippen molar-refractivity contribution in [2.24, 2.45) is 0 Å². The molecule has 7 nitrogen and oxygen atoms in total. The van der Waals surface area contributed by atoms with E-state index in [0.717, 1.165) is 17.5 Å². The van der Waals surface area contributed by atoms with E-state index in [2.05, 4.69) is 11.4 Å². The molecule has 1 aliphatic heterocycles. The third-order valence-electron chi connectivity index (χ3n) is 6.66. The maximum absolute atomic E-state index is 13.8. The molecule has 0 saturated heterocycles. The maximum atomic E-state index is 13.8. The number of halogens is 1. The van der Waals surface area contributed by atoms with Crippen LogP contribution in [-0.2, 0) is 16.0 Å². The molecule has 0 saturated carbocycles. The summed E-state index contributed by atoms with van der Waals surface area (Å²) in [6, 6.07) is 14.4. The number of nitrogens with zero attached hydrogens (tertiary/aromatic N) is 2. The molecule has 0 fully saturated rings. The van der Waals surface area contributed by atoms with E-state index in [1.807, 2.05) is 30.0 Å². The molecule has 0 radical (unpaired) electrons. The number of hydrogen-bond acceptors (Lipinski definition) is 6. The van der Waals surface area contributed by atoms with Crippen molar-refractivity contribution in [3.05, 3.63) is 80.5 Å². The van der Waals surface area contributed by atoms with Crippen molar-refractivity contribution in [3.8, 4) is 11.5 Å². The van der Waals surface area contributed by atoms with Gasteiger partial charge in [0.2, 0.25) is 5.91 Å². The standard InChI is InChI=1S/C29H33ClN2O5S/c1-20-16-23(8-9-25(20)30)37-19-26-24-11-15-38-27(24)10-13-32(26)28(33)18-31(12-5-14-35-2)29(34)21-6-4-7-22(17-21)36-3/h4,6-9,11,15-17,26H,5,10,12-14,18-19H2,1-3H3/t26-/m0/s1. The van der Waals surface area contributed by atoms with Crippen molar-refractivity contribution >= 4 is 34.8 Å². The van der Waals surface area contributed by atoms with E-state index in [-0.39, 0.29) is 24.4 Å². The van der Waals surface area contributed by atoms with Gasteiger partial charge in [0.15, 0.2) is 0 Å². The molecule has 9 heteroatoms. The van der Waals surface area contributed by atoms with Crippen molar-refractivity contribution in [1.82, 2.24) is 9.80 Å². The number of carbonyl (C=O) groups excluding carboxylic acids is 2. The fourth-order valence-electron chi connectivity index (χ4n) is 4.60. The van der Waals surface area contributed by atoms with Crippen molar-refractivity contribution in [1.29, 1.82) is 0 Å². The van der Waals surface area contributed by atoms with Crippen LogP contribution >= 0.6 is 22.9 Å². The van der Waals surface area contributed by atoms with Gasteiger partial charge < -0.3 is 24.0 Å². The first-order chi connectivity index (χ1) is 18.4. The highest BCUT2D eigenvalue weighted by atomic mass is 35.5. The van der Waals surface area contributed by atoms with Crippen LogP contribution in [0.5, 0.6) is 11.5 Å². The van der Waals surface area contributed by atoms with Gasteiger partial charge in [-0.2, -0.15) is 0 Å². The largest absolute Gasteiger partial charge is 0.497 e. The maximum Gasteiger partial charge on any atom is 0.254 e. The lowest BCUT2D eigenvalue weighted by atomic mass is 10.00. The molecule has 202 valence electrons. The van der Waals surface area contributed by atoms with E-state index < -0.39 is 0 Å². The number of aryl methyl sites for hydroxylation is 1. The van der Waals surface area contributed by atoms with Crippen molar-refractivity contribution < 1.29 is 23.8 Å². The molecular weight excluding hydrogens is 524 g/mol. The summed E-state index contributed by atoms with van der Waals surface area (Å²) >= 11 is 7.87. The normalized spacial score (nSPS) is 14.6. The summed E-state index contributed by atoms with van der Waals surface area (Å²) in [5.74, 6) is 0.966. The van der Waals surface area contributed by atoms with Crippen molar-refractivity contribution in [3.63, 3.8) is 0 Å². The predicted molar refractivity (Wildman–Crippen MR) is 150 cm³/mol. The Morgan fingerprint density at radius 1 is 1.13 bits per heavy atom. The van der Waals surface area contributed by atoms with Gasteiger partial charge in [-0.25, -0.2) is 0 Å². The monoisotopic (exact) mass is 556 g/mol. The van der Waals surface area contributed by atoms with Gasteiger partial charge in [-0.15, -0.1) is 11.3 Å². The number of hydrogen-bond donors (Lipinski definition) is 0. The Labute approximate surface area is 232 Å². The second-order valence-electron chi connectivity index (χ2n) is 9.18. The van der Waals surface area contributed by atoms with E-state index in [1.165, 1.54) is 4.88 Å². The van der Waals surface area contributed by atoms with Gasteiger partial charge in [0.05, 0.1) is 13.2 Å². The van der Waals surface area contributed by atoms with Crippen LogP contribution in [0.4, 0.5) is 0 Å². The predicted octanol–water partition coefficient (Wildman–Crippen LogP) is 5.40. The highest BCUT2D eigenvalue weighted by Crippen LogP contribution is 2.34. The van der Waals surface area contributed by atoms with E-state index in [1.54, 1.807) is 54.7 Å². The minimum atomic E-state index is -0.249. The Bertz CT molecular complexity index is 1260. The van der Waals surface area contributed by atoms with Gasteiger partial charge in [0.1, 0.15) is 24.7 Å². The summed E-state index contributed by atoms with van der Waals surface area (Å²) in [5, 5.41) is 2.74. The molecule has 0 spiro atoms. The molecule has 0 aliphatic carbocycles. The Morgan fingerprint density at radius 3 is 2.74 bits per heavy atom. The number of rotatable bonds is 11. The van der Waals surface area contributed by atoms with Crippen LogP contribution < -0.4 is 9.47 Å². The number of methoxy groups -OCH3 is 2. The lowest BCUT2D eigenvalue weighted by Gasteiger charge is -2.37. The molecule has 0 N–H and O–H groups in total. The molecule has 1 aromatic heterocycles. The van der Waals surface area contributed by atoms with Crippen LogP contribution in [0, 0.1) is 6.92 Å². The van der Waals surface area contributed by atoms with Gasteiger partial charge >= 0.3 is 0 Å². The number of ether oxygens (including phenoxy) is 3. The molecule has 4 rings (SSSR count). The molecule has 0 unspecified atom stereocenters. The molecule has 2 amide bonds. The lowest BCUT2D eigenvalue weighted by molar-refractivity contribution is -0.135. The summed E-state index contributed by atoms with van der Waals surface area (Å²) in [5.41, 5.74) is 2.51. The van der Waals surface area contributed by atoms with Crippen molar-refractivity contribution in [2.75, 3.05) is 47.1 Å². The first kappa shape index (κ1) is 28.0. The molecule has 3 aromatic rings. The van der Waals surface area contributed by atoms with E-state index in [4.69, 9.17) is 25.8 Å². The molecule has 1 atom stereocenters. The number of fused-ring (bicyclic) bond motifs is 1. The zero-order valence-corrected chi connectivity index (χ0v) is 23.5. The Kier molecular flexibility index (Phi) is 9.66. The molecule has 38 heavy (non-hydrogen) atoms. The zero-order chi connectivity index (χ0) is 27.1. The first-order valence-corrected chi connectivity index (χ1v) is 13.8. The fourth-order valence-corrected chi connectivity index (χ4v) is 5.65. The highest BCUT2D eigenvalue weighted by Gasteiger charge is 2.33. The number of thiophene rings is 1. The third-order valence-corrected chi connectivity index (χ3v) is 8.08. The van der Waals surface area contributed by atoms with Crippen LogP contribution in [0.2, 0.25) is 5.02 Å². The molecule has 2 aromatic carbocycles. The molecule has 1 aliphatic rings. The van der Waals surface area contributed by atoms with Crippen LogP contribution in [0.15, 0.2) is 53.9 Å². The molecule has 0 bridgehead atoms. The second-order valence-corrected chi connectivity index (χ2v) is 10.6. The third kappa shape index (κ3) is 6.67. The van der Waals surface area contributed by atoms with Gasteiger partial charge in [0, 0.05) is 42.3 Å². The average Bonchev–Trinajstić information content (AvgIpc) is 3.42. The van der Waals surface area contributed by atoms with Gasteiger partial charge in [-0.05, 0) is 78.7 Å². The molecule has 2 heterocycles. The smallest absolute Gasteiger partial charge is 0.254 e. The molecular formula is C29H33ClN2O5S. The Balaban J connectivity index is 1.53. The summed E-state index contributed by atoms with van der Waals surface area (Å²) in [6.07, 6.45) is 1.40. The number of carbonyl (C=O) groups is 2. The average molecular weight is 557 g/mol. The lowest BCUT2D eigenvalue weighted by Crippen LogP contribution is -2.48. The van der Waals surface area contributed by atoms with Crippen LogP contribution in [0.1, 0.15) is 38.8 Å². The van der Waals surface area contributed by atoms with Crippen LogP contribution in [0.3, 0.4) is 0 Å². The fraction of sp³-hybridized carbons (Fsp3) is 0.379. The summed E-state index contributed by atoms with van der Waals surface area (Å²) in [4.78, 5) is 31.9. The SMILES string of the molecule is COCCCN(CC(=O)N1CCc2sccc2[C@@H]1COc1ccc(Cl)c(C)c1)C(=O)c1cccc(OC)c1. The van der Waals surface area contributed by atoms with Gasteiger partial charge in [-0.1, -0.05) is 17.7 Å². The topological polar surface area (TPSA) is 68.3 Å². The van der Waals surface area contributed by atoms with Crippen LogP contribution in [-0.4, -0.2) is 68.7 Å². The minimum absolute atomic E-state index is 0.0320.